The SMILES string of the molecule is C=C(C)CN(C)C(=O)COC1CCNCC1. The monoisotopic (exact) mass is 226 g/mol. The molecule has 16 heavy (non-hydrogen) atoms. The molecule has 1 rings (SSSR count). The molecule has 0 aromatic carbocycles. The molecule has 1 aliphatic heterocycles. The molecule has 0 aromatic heterocycles. The normalized spacial score (nSPS) is 17.1. The Bertz CT molecular complexity index is 247. The van der Waals surface area contributed by atoms with Crippen molar-refractivity contribution in [3.63, 3.8) is 0 Å². The second-order valence-corrected chi connectivity index (χ2v) is 4.47. The predicted octanol–water partition coefficient (Wildman–Crippen LogP) is 0.789. The molecule has 0 unspecified atom stereocenters. The van der Waals surface area contributed by atoms with Crippen molar-refractivity contribution in [1.29, 1.82) is 0 Å². The van der Waals surface area contributed by atoms with Crippen LogP contribution in [0.4, 0.5) is 0 Å². The van der Waals surface area contributed by atoms with Crippen molar-refractivity contribution < 1.29 is 9.53 Å². The number of rotatable bonds is 5. The lowest BCUT2D eigenvalue weighted by atomic mass is 10.1. The highest BCUT2D eigenvalue weighted by molar-refractivity contribution is 5.77. The average molecular weight is 226 g/mol. The Kier molecular flexibility index (Phi) is 5.49. The Morgan fingerprint density at radius 2 is 2.12 bits per heavy atom. The first-order chi connectivity index (χ1) is 7.59. The minimum atomic E-state index is 0.0292. The standard InChI is InChI=1S/C12H22N2O2/c1-10(2)8-14(3)12(15)9-16-11-4-6-13-7-5-11/h11,13H,1,4-9H2,2-3H3. The van der Waals surface area contributed by atoms with Crippen LogP contribution in [-0.4, -0.2) is 50.2 Å². The quantitative estimate of drug-likeness (QED) is 0.705. The molecule has 0 aliphatic carbocycles. The third-order valence-corrected chi connectivity index (χ3v) is 2.66. The molecule has 4 heteroatoms. The van der Waals surface area contributed by atoms with Crippen molar-refractivity contribution in [2.24, 2.45) is 0 Å². The molecule has 1 N–H and O–H groups in total. The maximum absolute atomic E-state index is 11.7. The number of piperidine rings is 1. The molecule has 1 amide bonds. The highest BCUT2D eigenvalue weighted by Gasteiger charge is 2.16. The number of ether oxygens (including phenoxy) is 1. The van der Waals surface area contributed by atoms with E-state index in [1.165, 1.54) is 0 Å². The number of carbonyl (C=O) groups excluding carboxylic acids is 1. The average Bonchev–Trinajstić information content (AvgIpc) is 2.26. The Balaban J connectivity index is 2.20. The maximum Gasteiger partial charge on any atom is 0.248 e. The van der Waals surface area contributed by atoms with Crippen molar-refractivity contribution in [2.75, 3.05) is 33.3 Å². The van der Waals surface area contributed by atoms with Crippen LogP contribution in [0.1, 0.15) is 19.8 Å². The molecule has 0 aromatic rings. The fraction of sp³-hybridized carbons (Fsp3) is 0.750. The summed E-state index contributed by atoms with van der Waals surface area (Å²) in [5, 5.41) is 3.26. The minimum Gasteiger partial charge on any atom is -0.368 e. The van der Waals surface area contributed by atoms with Gasteiger partial charge in [-0.3, -0.25) is 4.79 Å². The van der Waals surface area contributed by atoms with Crippen molar-refractivity contribution in [3.8, 4) is 0 Å². The largest absolute Gasteiger partial charge is 0.368 e. The van der Waals surface area contributed by atoms with Crippen LogP contribution in [0.25, 0.3) is 0 Å². The fourth-order valence-corrected chi connectivity index (χ4v) is 1.75. The lowest BCUT2D eigenvalue weighted by molar-refractivity contribution is -0.137. The van der Waals surface area contributed by atoms with Gasteiger partial charge in [-0.15, -0.1) is 0 Å². The molecular formula is C12H22N2O2. The molecule has 0 spiro atoms. The zero-order valence-corrected chi connectivity index (χ0v) is 10.3. The Labute approximate surface area is 97.6 Å². The van der Waals surface area contributed by atoms with Crippen molar-refractivity contribution >= 4 is 5.91 Å². The molecule has 1 aliphatic rings. The van der Waals surface area contributed by atoms with E-state index >= 15 is 0 Å². The van der Waals surface area contributed by atoms with Crippen LogP contribution in [0.15, 0.2) is 12.2 Å². The topological polar surface area (TPSA) is 41.6 Å². The highest BCUT2D eigenvalue weighted by atomic mass is 16.5. The maximum atomic E-state index is 11.7. The molecule has 1 fully saturated rings. The summed E-state index contributed by atoms with van der Waals surface area (Å²) in [5.41, 5.74) is 0.984. The molecular weight excluding hydrogens is 204 g/mol. The van der Waals surface area contributed by atoms with E-state index in [1.807, 2.05) is 6.92 Å². The number of nitrogens with zero attached hydrogens (tertiary/aromatic N) is 1. The van der Waals surface area contributed by atoms with Gasteiger partial charge in [-0.05, 0) is 32.9 Å². The summed E-state index contributed by atoms with van der Waals surface area (Å²) in [6, 6.07) is 0. The summed E-state index contributed by atoms with van der Waals surface area (Å²) in [7, 11) is 1.78. The summed E-state index contributed by atoms with van der Waals surface area (Å²) >= 11 is 0. The van der Waals surface area contributed by atoms with Crippen molar-refractivity contribution in [2.45, 2.75) is 25.9 Å². The van der Waals surface area contributed by atoms with Crippen molar-refractivity contribution in [3.05, 3.63) is 12.2 Å². The molecule has 4 nitrogen and oxygen atoms in total. The second kappa shape index (κ2) is 6.66. The van der Waals surface area contributed by atoms with Gasteiger partial charge in [-0.25, -0.2) is 0 Å². The number of hydrogen-bond donors (Lipinski definition) is 1. The number of hydrogen-bond acceptors (Lipinski definition) is 3. The van der Waals surface area contributed by atoms with E-state index in [-0.39, 0.29) is 18.6 Å². The highest BCUT2D eigenvalue weighted by Crippen LogP contribution is 2.07. The van der Waals surface area contributed by atoms with Crippen LogP contribution < -0.4 is 5.32 Å². The van der Waals surface area contributed by atoms with Gasteiger partial charge < -0.3 is 15.0 Å². The van der Waals surface area contributed by atoms with Gasteiger partial charge in [-0.1, -0.05) is 12.2 Å². The van der Waals surface area contributed by atoms with E-state index in [2.05, 4.69) is 11.9 Å². The van der Waals surface area contributed by atoms with Crippen LogP contribution in [0.3, 0.4) is 0 Å². The Hall–Kier alpha value is -0.870. The second-order valence-electron chi connectivity index (χ2n) is 4.47. The van der Waals surface area contributed by atoms with Gasteiger partial charge in [0, 0.05) is 13.6 Å². The molecule has 0 bridgehead atoms. The van der Waals surface area contributed by atoms with Gasteiger partial charge in [0.1, 0.15) is 6.61 Å². The number of amides is 1. The van der Waals surface area contributed by atoms with E-state index in [0.717, 1.165) is 31.5 Å². The van der Waals surface area contributed by atoms with Crippen molar-refractivity contribution in [1.82, 2.24) is 10.2 Å². The van der Waals surface area contributed by atoms with Gasteiger partial charge in [0.25, 0.3) is 0 Å². The number of likely N-dealkylation sites (N-methyl/N-ethyl adjacent to an activating group) is 1. The minimum absolute atomic E-state index is 0.0292. The Morgan fingerprint density at radius 3 is 2.69 bits per heavy atom. The molecule has 0 atom stereocenters. The van der Waals surface area contributed by atoms with Gasteiger partial charge >= 0.3 is 0 Å². The van der Waals surface area contributed by atoms with E-state index in [1.54, 1.807) is 11.9 Å². The van der Waals surface area contributed by atoms with Crippen LogP contribution in [0.5, 0.6) is 0 Å². The third-order valence-electron chi connectivity index (χ3n) is 2.66. The van der Waals surface area contributed by atoms with Gasteiger partial charge in [-0.2, -0.15) is 0 Å². The van der Waals surface area contributed by atoms with E-state index in [4.69, 9.17) is 4.74 Å². The molecule has 1 saturated heterocycles. The first-order valence-corrected chi connectivity index (χ1v) is 5.80. The number of nitrogens with one attached hydrogen (secondary N) is 1. The Morgan fingerprint density at radius 1 is 1.50 bits per heavy atom. The fourth-order valence-electron chi connectivity index (χ4n) is 1.75. The smallest absolute Gasteiger partial charge is 0.248 e. The number of carbonyl (C=O) groups is 1. The molecule has 0 radical (unpaired) electrons. The first-order valence-electron chi connectivity index (χ1n) is 5.80. The molecule has 0 saturated carbocycles. The third kappa shape index (κ3) is 4.77. The van der Waals surface area contributed by atoms with Gasteiger partial charge in [0.05, 0.1) is 6.10 Å². The predicted molar refractivity (Wildman–Crippen MR) is 64.3 cm³/mol. The summed E-state index contributed by atoms with van der Waals surface area (Å²) < 4.78 is 5.59. The van der Waals surface area contributed by atoms with E-state index < -0.39 is 0 Å². The van der Waals surface area contributed by atoms with Gasteiger partial charge in [0.2, 0.25) is 5.91 Å². The first kappa shape index (κ1) is 13.2. The van der Waals surface area contributed by atoms with E-state index in [0.29, 0.717) is 6.54 Å². The summed E-state index contributed by atoms with van der Waals surface area (Å²) in [5.74, 6) is 0.0292. The van der Waals surface area contributed by atoms with Crippen LogP contribution >= 0.6 is 0 Å². The van der Waals surface area contributed by atoms with Gasteiger partial charge in [0.15, 0.2) is 0 Å². The summed E-state index contributed by atoms with van der Waals surface area (Å²) in [6.07, 6.45) is 2.23. The van der Waals surface area contributed by atoms with Crippen LogP contribution in [-0.2, 0) is 9.53 Å². The lowest BCUT2D eigenvalue weighted by Gasteiger charge is -2.24. The molecule has 92 valence electrons. The van der Waals surface area contributed by atoms with Crippen LogP contribution in [0.2, 0.25) is 0 Å². The zero-order chi connectivity index (χ0) is 12.0. The lowest BCUT2D eigenvalue weighted by Crippen LogP contribution is -2.36. The summed E-state index contributed by atoms with van der Waals surface area (Å²) in [6.45, 7) is 8.47. The summed E-state index contributed by atoms with van der Waals surface area (Å²) in [4.78, 5) is 13.3. The zero-order valence-electron chi connectivity index (χ0n) is 10.3. The van der Waals surface area contributed by atoms with Crippen LogP contribution in [0, 0.1) is 0 Å². The molecule has 1 heterocycles. The van der Waals surface area contributed by atoms with E-state index in [9.17, 15) is 4.79 Å².